The number of anilines is 1. The Morgan fingerprint density at radius 2 is 1.64 bits per heavy atom. The molecule has 1 N–H and O–H groups in total. The molecule has 0 fully saturated rings. The second-order valence-corrected chi connectivity index (χ2v) is 5.69. The molecule has 2 aromatic carbocycles. The van der Waals surface area contributed by atoms with Gasteiger partial charge in [0.15, 0.2) is 0 Å². The summed E-state index contributed by atoms with van der Waals surface area (Å²) in [5, 5.41) is 1.62. The van der Waals surface area contributed by atoms with E-state index < -0.39 is 11.9 Å². The molecule has 0 radical (unpaired) electrons. The van der Waals surface area contributed by atoms with Gasteiger partial charge in [0.2, 0.25) is 0 Å². The van der Waals surface area contributed by atoms with Gasteiger partial charge in [0.1, 0.15) is 11.5 Å². The smallest absolute Gasteiger partial charge is 0.356 e. The number of benzene rings is 2. The maximum atomic E-state index is 13.3. The van der Waals surface area contributed by atoms with Gasteiger partial charge in [0, 0.05) is 0 Å². The lowest BCUT2D eigenvalue weighted by Crippen LogP contribution is -2.40. The van der Waals surface area contributed by atoms with Crippen molar-refractivity contribution in [2.45, 2.75) is 20.4 Å². The van der Waals surface area contributed by atoms with Crippen molar-refractivity contribution >= 4 is 17.6 Å². The molecule has 0 heterocycles. The number of nitrogens with one attached hydrogen (secondary N) is 1. The van der Waals surface area contributed by atoms with Crippen LogP contribution in [-0.4, -0.2) is 25.2 Å². The third kappa shape index (κ3) is 6.42. The van der Waals surface area contributed by atoms with Crippen LogP contribution in [0.2, 0.25) is 0 Å². The fraction of sp³-hybridized carbons (Fsp3) is 0.238. The largest absolute Gasteiger partial charge is 0.463 e. The highest BCUT2D eigenvalue weighted by Gasteiger charge is 2.18. The number of ether oxygens (including phenoxy) is 2. The van der Waals surface area contributed by atoms with Crippen LogP contribution < -0.4 is 10.4 Å². The molecular formula is C21H23FN2O4. The first-order chi connectivity index (χ1) is 13.5. The summed E-state index contributed by atoms with van der Waals surface area (Å²) >= 11 is 0. The quantitative estimate of drug-likeness (QED) is 0.405. The topological polar surface area (TPSA) is 67.9 Å². The van der Waals surface area contributed by atoms with Crippen LogP contribution >= 0.6 is 0 Å². The molecule has 2 rings (SSSR count). The van der Waals surface area contributed by atoms with E-state index in [1.165, 1.54) is 12.1 Å². The molecule has 0 saturated heterocycles. The molecule has 0 unspecified atom stereocenters. The molecule has 148 valence electrons. The van der Waals surface area contributed by atoms with E-state index in [2.05, 4.69) is 5.43 Å². The van der Waals surface area contributed by atoms with E-state index in [9.17, 15) is 14.0 Å². The zero-order chi connectivity index (χ0) is 20.4. The minimum Gasteiger partial charge on any atom is -0.463 e. The van der Waals surface area contributed by atoms with Crippen molar-refractivity contribution in [2.24, 2.45) is 0 Å². The molecular weight excluding hydrogens is 363 g/mol. The molecule has 28 heavy (non-hydrogen) atoms. The molecule has 0 aromatic heterocycles. The van der Waals surface area contributed by atoms with Crippen LogP contribution in [0.15, 0.2) is 66.4 Å². The number of esters is 2. The molecule has 0 saturated carbocycles. The lowest BCUT2D eigenvalue weighted by Gasteiger charge is -2.27. The number of carbonyl (C=O) groups is 2. The Hall–Kier alpha value is -3.35. The Labute approximate surface area is 163 Å². The van der Waals surface area contributed by atoms with E-state index in [1.54, 1.807) is 31.0 Å². The Kier molecular flexibility index (Phi) is 8.02. The number of nitrogens with zero attached hydrogens (tertiary/aromatic N) is 1. The van der Waals surface area contributed by atoms with E-state index in [0.29, 0.717) is 12.2 Å². The van der Waals surface area contributed by atoms with E-state index >= 15 is 0 Å². The third-order valence-corrected chi connectivity index (χ3v) is 3.62. The van der Waals surface area contributed by atoms with Crippen molar-refractivity contribution in [1.29, 1.82) is 0 Å². The van der Waals surface area contributed by atoms with Crippen molar-refractivity contribution in [3.63, 3.8) is 0 Å². The molecule has 0 spiro atoms. The zero-order valence-corrected chi connectivity index (χ0v) is 15.9. The summed E-state index contributed by atoms with van der Waals surface area (Å²) in [6, 6.07) is 15.3. The minimum atomic E-state index is -0.698. The van der Waals surface area contributed by atoms with Gasteiger partial charge in [0.25, 0.3) is 0 Å². The van der Waals surface area contributed by atoms with Crippen molar-refractivity contribution < 1.29 is 23.5 Å². The molecule has 0 aliphatic carbocycles. The van der Waals surface area contributed by atoms with Gasteiger partial charge < -0.3 is 9.47 Å². The highest BCUT2D eigenvalue weighted by molar-refractivity contribution is 5.96. The fourth-order valence-electron chi connectivity index (χ4n) is 2.38. The Balaban J connectivity index is 2.34. The predicted octanol–water partition coefficient (Wildman–Crippen LogP) is 3.35. The lowest BCUT2D eigenvalue weighted by molar-refractivity contribution is -0.141. The summed E-state index contributed by atoms with van der Waals surface area (Å²) in [6.45, 7) is 4.02. The Bertz CT molecular complexity index is 807. The normalized spacial score (nSPS) is 10.9. The molecule has 0 aliphatic rings. The number of rotatable bonds is 9. The van der Waals surface area contributed by atoms with Gasteiger partial charge in [-0.15, -0.1) is 0 Å². The van der Waals surface area contributed by atoms with Crippen LogP contribution in [0.4, 0.5) is 10.1 Å². The summed E-state index contributed by atoms with van der Waals surface area (Å²) in [7, 11) is 0. The molecule has 0 bridgehead atoms. The van der Waals surface area contributed by atoms with Crippen molar-refractivity contribution in [2.75, 3.05) is 18.2 Å². The van der Waals surface area contributed by atoms with E-state index in [0.717, 1.165) is 11.6 Å². The van der Waals surface area contributed by atoms with E-state index in [4.69, 9.17) is 9.47 Å². The molecule has 0 aliphatic heterocycles. The Morgan fingerprint density at radius 3 is 2.25 bits per heavy atom. The Morgan fingerprint density at radius 1 is 1.00 bits per heavy atom. The average Bonchev–Trinajstić information content (AvgIpc) is 2.68. The maximum absolute atomic E-state index is 13.3. The number of halogens is 1. The minimum absolute atomic E-state index is 0.0828. The number of hydrogen-bond donors (Lipinski definition) is 1. The highest BCUT2D eigenvalue weighted by atomic mass is 19.1. The number of hydrogen-bond acceptors (Lipinski definition) is 6. The lowest BCUT2D eigenvalue weighted by atomic mass is 10.2. The highest BCUT2D eigenvalue weighted by Crippen LogP contribution is 2.17. The summed E-state index contributed by atoms with van der Waals surface area (Å²) in [5.41, 5.74) is 4.37. The molecule has 6 nitrogen and oxygen atoms in total. The van der Waals surface area contributed by atoms with Gasteiger partial charge in [-0.3, -0.25) is 10.4 Å². The van der Waals surface area contributed by atoms with Gasteiger partial charge in [-0.25, -0.2) is 14.0 Å². The molecule has 7 heteroatoms. The number of carbonyl (C=O) groups excluding carboxylic acids is 2. The standard InChI is InChI=1S/C21H23FN2O4/c1-3-27-20(25)14-19(21(26)28-4-2)23-24(15-16-8-6-5-7-9-16)18-12-10-17(22)11-13-18/h5-14,23H,3-4,15H2,1-2H3/b19-14+. The first kappa shape index (κ1) is 21.0. The molecule has 2 aromatic rings. The second kappa shape index (κ2) is 10.7. The zero-order valence-electron chi connectivity index (χ0n) is 15.9. The third-order valence-electron chi connectivity index (χ3n) is 3.62. The van der Waals surface area contributed by atoms with Crippen molar-refractivity contribution in [1.82, 2.24) is 5.43 Å². The van der Waals surface area contributed by atoms with Gasteiger partial charge in [-0.2, -0.15) is 0 Å². The fourth-order valence-corrected chi connectivity index (χ4v) is 2.38. The van der Waals surface area contributed by atoms with Gasteiger partial charge in [-0.1, -0.05) is 30.3 Å². The number of hydrazine groups is 1. The second-order valence-electron chi connectivity index (χ2n) is 5.69. The summed E-state index contributed by atoms with van der Waals surface area (Å²) in [5.74, 6) is -1.75. The SMILES string of the molecule is CCOC(=O)/C=C(/NN(Cc1ccccc1)c1ccc(F)cc1)C(=O)OCC. The van der Waals surface area contributed by atoms with Crippen LogP contribution in [0.1, 0.15) is 19.4 Å². The van der Waals surface area contributed by atoms with Gasteiger partial charge >= 0.3 is 11.9 Å². The van der Waals surface area contributed by atoms with E-state index in [1.807, 2.05) is 30.3 Å². The first-order valence-corrected chi connectivity index (χ1v) is 8.92. The monoisotopic (exact) mass is 386 g/mol. The van der Waals surface area contributed by atoms with Crippen LogP contribution in [0.25, 0.3) is 0 Å². The van der Waals surface area contributed by atoms with Crippen LogP contribution in [0.5, 0.6) is 0 Å². The van der Waals surface area contributed by atoms with Crippen molar-refractivity contribution in [3.8, 4) is 0 Å². The average molecular weight is 386 g/mol. The molecule has 0 amide bonds. The van der Waals surface area contributed by atoms with Crippen molar-refractivity contribution in [3.05, 3.63) is 77.8 Å². The predicted molar refractivity (Wildman–Crippen MR) is 104 cm³/mol. The van der Waals surface area contributed by atoms with Gasteiger partial charge in [-0.05, 0) is 43.7 Å². The summed E-state index contributed by atoms with van der Waals surface area (Å²) in [4.78, 5) is 24.2. The van der Waals surface area contributed by atoms with Crippen LogP contribution in [0, 0.1) is 5.82 Å². The van der Waals surface area contributed by atoms with Crippen LogP contribution in [0.3, 0.4) is 0 Å². The summed E-state index contributed by atoms with van der Waals surface area (Å²) in [6.07, 6.45) is 1.04. The first-order valence-electron chi connectivity index (χ1n) is 8.92. The molecule has 0 atom stereocenters. The van der Waals surface area contributed by atoms with Crippen LogP contribution in [-0.2, 0) is 25.6 Å². The van der Waals surface area contributed by atoms with E-state index in [-0.39, 0.29) is 24.7 Å². The summed E-state index contributed by atoms with van der Waals surface area (Å²) < 4.78 is 23.3. The van der Waals surface area contributed by atoms with Gasteiger partial charge in [0.05, 0.1) is 31.5 Å². The maximum Gasteiger partial charge on any atom is 0.356 e.